The maximum absolute atomic E-state index is 5.92. The number of ether oxygens (including phenoxy) is 1. The van der Waals surface area contributed by atoms with Gasteiger partial charge in [-0.15, -0.1) is 34.2 Å². The van der Waals surface area contributed by atoms with E-state index in [0.717, 1.165) is 36.5 Å². The Balaban J connectivity index is 0.00000320. The smallest absolute Gasteiger partial charge is 0.218 e. The van der Waals surface area contributed by atoms with E-state index in [2.05, 4.69) is 37.7 Å². The van der Waals surface area contributed by atoms with Crippen LogP contribution < -0.4 is 15.4 Å². The van der Waals surface area contributed by atoms with Gasteiger partial charge in [0.2, 0.25) is 5.88 Å². The van der Waals surface area contributed by atoms with Crippen molar-refractivity contribution in [1.82, 2.24) is 30.4 Å². The second-order valence-corrected chi connectivity index (χ2v) is 6.39. The number of nitrogens with zero attached hydrogens (tertiary/aromatic N) is 5. The van der Waals surface area contributed by atoms with Gasteiger partial charge in [-0.25, -0.2) is 4.98 Å². The summed E-state index contributed by atoms with van der Waals surface area (Å²) in [6, 6.07) is 14.0. The molecule has 0 bridgehead atoms. The molecule has 160 valence electrons. The molecule has 0 unspecified atom stereocenters. The summed E-state index contributed by atoms with van der Waals surface area (Å²) >= 11 is 0. The highest BCUT2D eigenvalue weighted by molar-refractivity contribution is 14.0. The van der Waals surface area contributed by atoms with Crippen LogP contribution in [0.25, 0.3) is 0 Å². The van der Waals surface area contributed by atoms with Crippen LogP contribution in [0.4, 0.5) is 0 Å². The quantitative estimate of drug-likeness (QED) is 0.256. The van der Waals surface area contributed by atoms with Gasteiger partial charge in [0.1, 0.15) is 18.8 Å². The van der Waals surface area contributed by atoms with Crippen LogP contribution in [0.2, 0.25) is 0 Å². The van der Waals surface area contributed by atoms with Crippen LogP contribution in [0, 0.1) is 0 Å². The fourth-order valence-corrected chi connectivity index (χ4v) is 2.85. The largest absolute Gasteiger partial charge is 0.473 e. The molecular weight excluding hydrogens is 493 g/mol. The lowest BCUT2D eigenvalue weighted by Gasteiger charge is -2.14. The van der Waals surface area contributed by atoms with Gasteiger partial charge in [-0.1, -0.05) is 43.3 Å². The predicted molar refractivity (Wildman–Crippen MR) is 128 cm³/mol. The Bertz CT molecular complexity index is 914. The number of rotatable bonds is 9. The molecule has 0 spiro atoms. The summed E-state index contributed by atoms with van der Waals surface area (Å²) in [5.74, 6) is 2.32. The Morgan fingerprint density at radius 3 is 2.73 bits per heavy atom. The molecule has 3 aromatic rings. The number of pyridine rings is 1. The van der Waals surface area contributed by atoms with Gasteiger partial charge >= 0.3 is 0 Å². The van der Waals surface area contributed by atoms with Gasteiger partial charge in [-0.2, -0.15) is 0 Å². The lowest BCUT2D eigenvalue weighted by Crippen LogP contribution is -2.38. The van der Waals surface area contributed by atoms with Crippen molar-refractivity contribution in [3.05, 3.63) is 71.9 Å². The number of nitrogens with one attached hydrogen (secondary N) is 2. The SMILES string of the molecule is CCc1nncn1CCNC(=NC)NCc1cccnc1OCc1ccccc1.I. The summed E-state index contributed by atoms with van der Waals surface area (Å²) in [7, 11) is 1.75. The lowest BCUT2D eigenvalue weighted by molar-refractivity contribution is 0.290. The maximum Gasteiger partial charge on any atom is 0.218 e. The predicted octanol–water partition coefficient (Wildman–Crippen LogP) is 2.80. The monoisotopic (exact) mass is 521 g/mol. The Kier molecular flexibility index (Phi) is 10.1. The third-order valence-corrected chi connectivity index (χ3v) is 4.40. The highest BCUT2D eigenvalue weighted by atomic mass is 127. The van der Waals surface area contributed by atoms with Crippen LogP contribution in [0.15, 0.2) is 60.0 Å². The van der Waals surface area contributed by atoms with E-state index in [1.807, 2.05) is 47.0 Å². The van der Waals surface area contributed by atoms with Crippen LogP contribution in [-0.2, 0) is 26.1 Å². The molecular formula is C21H28IN7O. The van der Waals surface area contributed by atoms with Gasteiger partial charge in [0.05, 0.1) is 0 Å². The van der Waals surface area contributed by atoms with Crippen LogP contribution in [-0.4, -0.2) is 39.3 Å². The maximum atomic E-state index is 5.92. The molecule has 2 heterocycles. The highest BCUT2D eigenvalue weighted by Crippen LogP contribution is 2.15. The summed E-state index contributed by atoms with van der Waals surface area (Å²) in [4.78, 5) is 8.65. The molecule has 2 N–H and O–H groups in total. The van der Waals surface area contributed by atoms with E-state index in [-0.39, 0.29) is 24.0 Å². The number of hydrogen-bond acceptors (Lipinski definition) is 5. The average molecular weight is 521 g/mol. The van der Waals surface area contributed by atoms with Crippen molar-refractivity contribution in [2.75, 3.05) is 13.6 Å². The fraction of sp³-hybridized carbons (Fsp3) is 0.333. The Labute approximate surface area is 194 Å². The zero-order valence-corrected chi connectivity index (χ0v) is 19.6. The van der Waals surface area contributed by atoms with Gasteiger partial charge in [-0.3, -0.25) is 4.99 Å². The highest BCUT2D eigenvalue weighted by Gasteiger charge is 2.07. The molecule has 0 amide bonds. The summed E-state index contributed by atoms with van der Waals surface area (Å²) in [5, 5.41) is 14.7. The zero-order valence-electron chi connectivity index (χ0n) is 17.3. The molecule has 0 atom stereocenters. The number of aromatic nitrogens is 4. The minimum absolute atomic E-state index is 0. The van der Waals surface area contributed by atoms with Crippen molar-refractivity contribution >= 4 is 29.9 Å². The van der Waals surface area contributed by atoms with Gasteiger partial charge in [-0.05, 0) is 11.6 Å². The van der Waals surface area contributed by atoms with Crippen molar-refractivity contribution in [3.8, 4) is 5.88 Å². The topological polar surface area (TPSA) is 89.2 Å². The number of guanidine groups is 1. The van der Waals surface area contributed by atoms with Crippen molar-refractivity contribution in [3.63, 3.8) is 0 Å². The van der Waals surface area contributed by atoms with Crippen molar-refractivity contribution in [2.24, 2.45) is 4.99 Å². The number of aryl methyl sites for hydroxylation is 1. The summed E-state index contributed by atoms with van der Waals surface area (Å²) in [5.41, 5.74) is 2.08. The van der Waals surface area contributed by atoms with E-state index in [9.17, 15) is 0 Å². The second-order valence-electron chi connectivity index (χ2n) is 6.39. The van der Waals surface area contributed by atoms with Crippen LogP contribution in [0.3, 0.4) is 0 Å². The molecule has 0 radical (unpaired) electrons. The van der Waals surface area contributed by atoms with Crippen molar-refractivity contribution in [2.45, 2.75) is 33.0 Å². The first-order chi connectivity index (χ1) is 14.3. The molecule has 0 saturated carbocycles. The van der Waals surface area contributed by atoms with Crippen molar-refractivity contribution in [1.29, 1.82) is 0 Å². The first-order valence-electron chi connectivity index (χ1n) is 9.72. The summed E-state index contributed by atoms with van der Waals surface area (Å²) in [6.45, 7) is 4.60. The van der Waals surface area contributed by atoms with E-state index in [4.69, 9.17) is 4.74 Å². The third-order valence-electron chi connectivity index (χ3n) is 4.40. The molecule has 0 fully saturated rings. The number of aliphatic imine (C=N–C) groups is 1. The first-order valence-corrected chi connectivity index (χ1v) is 9.72. The molecule has 0 aliphatic rings. The minimum Gasteiger partial charge on any atom is -0.473 e. The Morgan fingerprint density at radius 1 is 1.13 bits per heavy atom. The average Bonchev–Trinajstić information content (AvgIpc) is 3.23. The molecule has 9 heteroatoms. The fourth-order valence-electron chi connectivity index (χ4n) is 2.85. The second kappa shape index (κ2) is 12.8. The molecule has 1 aromatic carbocycles. The molecule has 0 aliphatic heterocycles. The van der Waals surface area contributed by atoms with E-state index >= 15 is 0 Å². The molecule has 0 saturated heterocycles. The van der Waals surface area contributed by atoms with Crippen molar-refractivity contribution < 1.29 is 4.74 Å². The van der Waals surface area contributed by atoms with Crippen LogP contribution in [0.5, 0.6) is 5.88 Å². The van der Waals surface area contributed by atoms with Gasteiger partial charge in [0.25, 0.3) is 0 Å². The number of hydrogen-bond donors (Lipinski definition) is 2. The van der Waals surface area contributed by atoms with Gasteiger partial charge in [0, 0.05) is 44.9 Å². The van der Waals surface area contributed by atoms with E-state index in [1.54, 1.807) is 19.6 Å². The van der Waals surface area contributed by atoms with E-state index < -0.39 is 0 Å². The number of benzene rings is 1. The standard InChI is InChI=1S/C21H27N7O.HI/c1-3-19-27-26-16-28(19)13-12-24-21(22-2)25-14-18-10-7-11-23-20(18)29-15-17-8-5-4-6-9-17;/h4-11,16H,3,12-15H2,1-2H3,(H2,22,24,25);1H. The minimum atomic E-state index is 0. The van der Waals surface area contributed by atoms with E-state index in [1.165, 1.54) is 0 Å². The first kappa shape index (κ1) is 23.6. The van der Waals surface area contributed by atoms with Crippen LogP contribution in [0.1, 0.15) is 23.9 Å². The lowest BCUT2D eigenvalue weighted by atomic mass is 10.2. The van der Waals surface area contributed by atoms with Gasteiger partial charge < -0.3 is 19.9 Å². The molecule has 0 aliphatic carbocycles. The third kappa shape index (κ3) is 6.97. The Morgan fingerprint density at radius 2 is 1.97 bits per heavy atom. The summed E-state index contributed by atoms with van der Waals surface area (Å²) < 4.78 is 7.95. The molecule has 2 aromatic heterocycles. The summed E-state index contributed by atoms with van der Waals surface area (Å²) in [6.07, 6.45) is 4.35. The number of halogens is 1. The normalized spacial score (nSPS) is 10.9. The van der Waals surface area contributed by atoms with E-state index in [0.29, 0.717) is 25.0 Å². The van der Waals surface area contributed by atoms with Gasteiger partial charge in [0.15, 0.2) is 5.96 Å². The Hall–Kier alpha value is -2.69. The van der Waals surface area contributed by atoms with Crippen LogP contribution >= 0.6 is 24.0 Å². The zero-order chi connectivity index (χ0) is 20.3. The molecule has 8 nitrogen and oxygen atoms in total. The molecule has 30 heavy (non-hydrogen) atoms. The molecule has 3 rings (SSSR count).